The standard InChI is InChI=1S/C10H15N3O4S/c1-3-6-12-9-7-8(13(14)15)4-5-10(9)18(16,17)11-2/h4-5,7,11-12H,3,6H2,1-2H3. The Hall–Kier alpha value is -1.67. The minimum Gasteiger partial charge on any atom is -0.384 e. The molecule has 0 aliphatic heterocycles. The van der Waals surface area contributed by atoms with Crippen molar-refractivity contribution in [1.29, 1.82) is 0 Å². The second-order valence-corrected chi connectivity index (χ2v) is 5.43. The molecule has 0 aliphatic rings. The summed E-state index contributed by atoms with van der Waals surface area (Å²) < 4.78 is 25.7. The molecule has 1 aromatic rings. The molecule has 0 amide bonds. The van der Waals surface area contributed by atoms with Gasteiger partial charge in [0, 0.05) is 18.7 Å². The fourth-order valence-corrected chi connectivity index (χ4v) is 2.26. The van der Waals surface area contributed by atoms with Crippen LogP contribution in [0.25, 0.3) is 0 Å². The van der Waals surface area contributed by atoms with Crippen molar-refractivity contribution in [2.24, 2.45) is 0 Å². The van der Waals surface area contributed by atoms with Gasteiger partial charge in [-0.25, -0.2) is 13.1 Å². The van der Waals surface area contributed by atoms with Gasteiger partial charge in [0.25, 0.3) is 5.69 Å². The molecule has 1 aromatic carbocycles. The summed E-state index contributed by atoms with van der Waals surface area (Å²) in [6.45, 7) is 2.45. The van der Waals surface area contributed by atoms with Crippen LogP contribution in [0.15, 0.2) is 23.1 Å². The van der Waals surface area contributed by atoms with Gasteiger partial charge in [0.15, 0.2) is 0 Å². The Bertz CT molecular complexity index is 542. The Morgan fingerprint density at radius 2 is 2.06 bits per heavy atom. The molecule has 0 aliphatic carbocycles. The number of nitrogens with one attached hydrogen (secondary N) is 2. The predicted molar refractivity (Wildman–Crippen MR) is 68.1 cm³/mol. The molecule has 0 bridgehead atoms. The number of anilines is 1. The molecule has 18 heavy (non-hydrogen) atoms. The summed E-state index contributed by atoms with van der Waals surface area (Å²) in [5.41, 5.74) is 0.0871. The van der Waals surface area contributed by atoms with Crippen LogP contribution in [-0.2, 0) is 10.0 Å². The number of nitro benzene ring substituents is 1. The van der Waals surface area contributed by atoms with Gasteiger partial charge in [-0.05, 0) is 19.5 Å². The maximum atomic E-state index is 11.7. The number of hydrogen-bond acceptors (Lipinski definition) is 5. The molecule has 0 aromatic heterocycles. The van der Waals surface area contributed by atoms with E-state index in [2.05, 4.69) is 10.0 Å². The molecule has 100 valence electrons. The Morgan fingerprint density at radius 3 is 2.56 bits per heavy atom. The second-order valence-electron chi connectivity index (χ2n) is 3.57. The maximum absolute atomic E-state index is 11.7. The van der Waals surface area contributed by atoms with Crippen molar-refractivity contribution < 1.29 is 13.3 Å². The van der Waals surface area contributed by atoms with E-state index in [0.29, 0.717) is 6.54 Å². The van der Waals surface area contributed by atoms with Crippen LogP contribution in [0.5, 0.6) is 0 Å². The summed E-state index contributed by atoms with van der Waals surface area (Å²) in [5.74, 6) is 0. The van der Waals surface area contributed by atoms with Crippen molar-refractivity contribution in [3.8, 4) is 0 Å². The topological polar surface area (TPSA) is 101 Å². The summed E-state index contributed by atoms with van der Waals surface area (Å²) in [6.07, 6.45) is 0.779. The summed E-state index contributed by atoms with van der Waals surface area (Å²) in [7, 11) is -2.34. The van der Waals surface area contributed by atoms with Gasteiger partial charge in [-0.3, -0.25) is 10.1 Å². The molecule has 0 heterocycles. The van der Waals surface area contributed by atoms with Crippen LogP contribution < -0.4 is 10.0 Å². The van der Waals surface area contributed by atoms with Crippen LogP contribution in [0.3, 0.4) is 0 Å². The molecule has 0 radical (unpaired) electrons. The fraction of sp³-hybridized carbons (Fsp3) is 0.400. The molecule has 0 fully saturated rings. The average Bonchev–Trinajstić information content (AvgIpc) is 2.35. The molecule has 0 spiro atoms. The van der Waals surface area contributed by atoms with Crippen LogP contribution in [0.1, 0.15) is 13.3 Å². The molecular formula is C10H15N3O4S. The Morgan fingerprint density at radius 1 is 1.39 bits per heavy atom. The van der Waals surface area contributed by atoms with Crippen molar-refractivity contribution in [1.82, 2.24) is 4.72 Å². The van der Waals surface area contributed by atoms with E-state index in [0.717, 1.165) is 6.42 Å². The van der Waals surface area contributed by atoms with Crippen LogP contribution >= 0.6 is 0 Å². The highest BCUT2D eigenvalue weighted by molar-refractivity contribution is 7.89. The number of nitrogens with zero attached hydrogens (tertiary/aromatic N) is 1. The van der Waals surface area contributed by atoms with Crippen LogP contribution in [0.2, 0.25) is 0 Å². The van der Waals surface area contributed by atoms with Gasteiger partial charge in [0.05, 0.1) is 10.6 Å². The third-order valence-electron chi connectivity index (χ3n) is 2.30. The van der Waals surface area contributed by atoms with Gasteiger partial charge in [0.2, 0.25) is 10.0 Å². The van der Waals surface area contributed by atoms with Gasteiger partial charge >= 0.3 is 0 Å². The van der Waals surface area contributed by atoms with Gasteiger partial charge < -0.3 is 5.32 Å². The maximum Gasteiger partial charge on any atom is 0.271 e. The number of hydrogen-bond donors (Lipinski definition) is 2. The number of non-ortho nitro benzene ring substituents is 1. The van der Waals surface area contributed by atoms with Crippen LogP contribution in [-0.4, -0.2) is 26.9 Å². The summed E-state index contributed by atoms with van der Waals surface area (Å²) in [6, 6.07) is 3.61. The third-order valence-corrected chi connectivity index (χ3v) is 3.77. The van der Waals surface area contributed by atoms with Crippen molar-refractivity contribution in [3.05, 3.63) is 28.3 Å². The number of benzene rings is 1. The van der Waals surface area contributed by atoms with Crippen molar-refractivity contribution in [2.75, 3.05) is 18.9 Å². The molecule has 0 saturated heterocycles. The van der Waals surface area contributed by atoms with E-state index in [4.69, 9.17) is 0 Å². The lowest BCUT2D eigenvalue weighted by Crippen LogP contribution is -2.20. The van der Waals surface area contributed by atoms with Crippen molar-refractivity contribution in [3.63, 3.8) is 0 Å². The highest BCUT2D eigenvalue weighted by Gasteiger charge is 2.19. The quantitative estimate of drug-likeness (QED) is 0.601. The van der Waals surface area contributed by atoms with E-state index < -0.39 is 14.9 Å². The van der Waals surface area contributed by atoms with E-state index in [1.54, 1.807) is 0 Å². The average molecular weight is 273 g/mol. The molecule has 0 atom stereocenters. The summed E-state index contributed by atoms with van der Waals surface area (Å²) in [4.78, 5) is 10.1. The normalized spacial score (nSPS) is 11.2. The van der Waals surface area contributed by atoms with E-state index >= 15 is 0 Å². The molecule has 7 nitrogen and oxygen atoms in total. The largest absolute Gasteiger partial charge is 0.384 e. The predicted octanol–water partition coefficient (Wildman–Crippen LogP) is 1.32. The highest BCUT2D eigenvalue weighted by atomic mass is 32.2. The second kappa shape index (κ2) is 5.78. The molecule has 8 heteroatoms. The first-order chi connectivity index (χ1) is 8.42. The Kier molecular flexibility index (Phi) is 4.62. The van der Waals surface area contributed by atoms with Crippen LogP contribution in [0.4, 0.5) is 11.4 Å². The molecule has 2 N–H and O–H groups in total. The van der Waals surface area contributed by atoms with E-state index in [1.165, 1.54) is 25.2 Å². The molecule has 0 unspecified atom stereocenters. The summed E-state index contributed by atoms with van der Waals surface area (Å²) in [5, 5.41) is 13.5. The van der Waals surface area contributed by atoms with Gasteiger partial charge in [-0.1, -0.05) is 6.92 Å². The lowest BCUT2D eigenvalue weighted by Gasteiger charge is -2.11. The minimum atomic E-state index is -3.64. The third kappa shape index (κ3) is 3.17. The lowest BCUT2D eigenvalue weighted by molar-refractivity contribution is -0.384. The van der Waals surface area contributed by atoms with E-state index in [-0.39, 0.29) is 16.3 Å². The molecule has 1 rings (SSSR count). The number of nitro groups is 1. The zero-order valence-electron chi connectivity index (χ0n) is 10.1. The fourth-order valence-electron chi connectivity index (χ4n) is 1.37. The monoisotopic (exact) mass is 273 g/mol. The van der Waals surface area contributed by atoms with Crippen molar-refractivity contribution in [2.45, 2.75) is 18.2 Å². The lowest BCUT2D eigenvalue weighted by atomic mass is 10.2. The first kappa shape index (κ1) is 14.4. The Labute approximate surface area is 105 Å². The smallest absolute Gasteiger partial charge is 0.271 e. The zero-order chi connectivity index (χ0) is 13.8. The van der Waals surface area contributed by atoms with Gasteiger partial charge in [0.1, 0.15) is 4.90 Å². The van der Waals surface area contributed by atoms with E-state index in [1.807, 2.05) is 6.92 Å². The zero-order valence-corrected chi connectivity index (χ0v) is 11.0. The minimum absolute atomic E-state index is 0.00375. The molecule has 0 saturated carbocycles. The highest BCUT2D eigenvalue weighted by Crippen LogP contribution is 2.26. The number of sulfonamides is 1. The first-order valence-electron chi connectivity index (χ1n) is 5.38. The molecular weight excluding hydrogens is 258 g/mol. The van der Waals surface area contributed by atoms with Gasteiger partial charge in [-0.2, -0.15) is 0 Å². The Balaban J connectivity index is 3.29. The van der Waals surface area contributed by atoms with Crippen molar-refractivity contribution >= 4 is 21.4 Å². The van der Waals surface area contributed by atoms with E-state index in [9.17, 15) is 18.5 Å². The SMILES string of the molecule is CCCNc1cc([N+](=O)[O-])ccc1S(=O)(=O)NC. The first-order valence-corrected chi connectivity index (χ1v) is 6.86. The van der Waals surface area contributed by atoms with Gasteiger partial charge in [-0.15, -0.1) is 0 Å². The van der Waals surface area contributed by atoms with Crippen LogP contribution in [0, 0.1) is 10.1 Å². The number of rotatable bonds is 6. The summed E-state index contributed by atoms with van der Waals surface area (Å²) >= 11 is 0.